The van der Waals surface area contributed by atoms with Gasteiger partial charge in [0.1, 0.15) is 0 Å². The summed E-state index contributed by atoms with van der Waals surface area (Å²) in [5.74, 6) is 2.69. The highest BCUT2D eigenvalue weighted by atomic mass is 32.2. The van der Waals surface area contributed by atoms with Crippen LogP contribution >= 0.6 is 11.8 Å². The molecule has 0 amide bonds. The molecule has 0 radical (unpaired) electrons. The Morgan fingerprint density at radius 3 is 2.47 bits per heavy atom. The second-order valence-corrected chi connectivity index (χ2v) is 9.68. The van der Waals surface area contributed by atoms with Gasteiger partial charge < -0.3 is 9.47 Å². The molecule has 1 fully saturated rings. The molecule has 0 spiro atoms. The van der Waals surface area contributed by atoms with E-state index >= 15 is 0 Å². The Morgan fingerprint density at radius 1 is 0.875 bits per heavy atom. The Labute approximate surface area is 194 Å². The molecular formula is C27H30N4S. The predicted octanol–water partition coefficient (Wildman–Crippen LogP) is 6.00. The number of piperidine rings is 1. The maximum Gasteiger partial charge on any atom is 0.191 e. The van der Waals surface area contributed by atoms with Gasteiger partial charge in [0.15, 0.2) is 11.0 Å². The van der Waals surface area contributed by atoms with Crippen molar-refractivity contribution < 1.29 is 0 Å². The zero-order valence-electron chi connectivity index (χ0n) is 18.7. The highest BCUT2D eigenvalue weighted by Crippen LogP contribution is 2.33. The fourth-order valence-electron chi connectivity index (χ4n) is 4.80. The summed E-state index contributed by atoms with van der Waals surface area (Å²) in [6.45, 7) is 3.56. The van der Waals surface area contributed by atoms with Crippen molar-refractivity contribution in [2.45, 2.75) is 30.3 Å². The third-order valence-electron chi connectivity index (χ3n) is 6.57. The van der Waals surface area contributed by atoms with E-state index in [1.165, 1.54) is 55.2 Å². The van der Waals surface area contributed by atoms with Gasteiger partial charge in [0.25, 0.3) is 0 Å². The lowest BCUT2D eigenvalue weighted by Gasteiger charge is -2.32. The summed E-state index contributed by atoms with van der Waals surface area (Å²) in [5, 5.41) is 12.6. The predicted molar refractivity (Wildman–Crippen MR) is 134 cm³/mol. The van der Waals surface area contributed by atoms with Crippen LogP contribution < -0.4 is 0 Å². The number of hydrogen-bond donors (Lipinski definition) is 0. The molecule has 1 saturated heterocycles. The van der Waals surface area contributed by atoms with E-state index in [2.05, 4.69) is 81.3 Å². The van der Waals surface area contributed by atoms with Crippen LogP contribution in [0.1, 0.15) is 30.7 Å². The van der Waals surface area contributed by atoms with Crippen LogP contribution in [0.3, 0.4) is 0 Å². The van der Waals surface area contributed by atoms with Gasteiger partial charge in [-0.25, -0.2) is 0 Å². The first kappa shape index (κ1) is 21.2. The fourth-order valence-corrected chi connectivity index (χ4v) is 5.64. The Balaban J connectivity index is 1.10. The van der Waals surface area contributed by atoms with Gasteiger partial charge in [-0.05, 0) is 61.2 Å². The third-order valence-corrected chi connectivity index (χ3v) is 7.67. The van der Waals surface area contributed by atoms with Gasteiger partial charge in [-0.1, -0.05) is 84.6 Å². The lowest BCUT2D eigenvalue weighted by Crippen LogP contribution is -2.34. The Hall–Kier alpha value is -2.63. The number of hydrogen-bond acceptors (Lipinski definition) is 4. The van der Waals surface area contributed by atoms with Crippen LogP contribution in [0, 0.1) is 0 Å². The standard InChI is InChI=1S/C27H30N4S/c1-30-26(23-10-3-2-4-11-23)28-29-27(30)32-20-8-17-31-18-15-22(16-19-31)25-14-7-12-21-9-5-6-13-24(21)25/h2-7,9-14,22H,8,15-20H2,1H3. The summed E-state index contributed by atoms with van der Waals surface area (Å²) in [6.07, 6.45) is 3.69. The van der Waals surface area contributed by atoms with Crippen molar-refractivity contribution in [3.63, 3.8) is 0 Å². The third kappa shape index (κ3) is 4.59. The van der Waals surface area contributed by atoms with E-state index in [1.54, 1.807) is 0 Å². The molecule has 0 unspecified atom stereocenters. The molecule has 1 aliphatic rings. The fraction of sp³-hybridized carbons (Fsp3) is 0.333. The second kappa shape index (κ2) is 9.88. The molecule has 164 valence electrons. The Morgan fingerprint density at radius 2 is 1.62 bits per heavy atom. The first-order valence-electron chi connectivity index (χ1n) is 11.6. The highest BCUT2D eigenvalue weighted by Gasteiger charge is 2.21. The molecular weight excluding hydrogens is 412 g/mol. The second-order valence-electron chi connectivity index (χ2n) is 8.62. The normalized spacial score (nSPS) is 15.4. The Kier molecular flexibility index (Phi) is 6.56. The number of nitrogens with zero attached hydrogens (tertiary/aromatic N) is 4. The molecule has 4 aromatic rings. The molecule has 2 heterocycles. The molecule has 1 aliphatic heterocycles. The van der Waals surface area contributed by atoms with Crippen molar-refractivity contribution in [3.8, 4) is 11.4 Å². The minimum atomic E-state index is 0.682. The van der Waals surface area contributed by atoms with Gasteiger partial charge in [-0.2, -0.15) is 0 Å². The quantitative estimate of drug-likeness (QED) is 0.260. The number of fused-ring (bicyclic) bond motifs is 1. The number of benzene rings is 3. The zero-order valence-corrected chi connectivity index (χ0v) is 19.5. The van der Waals surface area contributed by atoms with Crippen LogP contribution in [0.25, 0.3) is 22.2 Å². The van der Waals surface area contributed by atoms with Gasteiger partial charge >= 0.3 is 0 Å². The summed E-state index contributed by atoms with van der Waals surface area (Å²) < 4.78 is 2.11. The van der Waals surface area contributed by atoms with Gasteiger partial charge in [-0.15, -0.1) is 10.2 Å². The topological polar surface area (TPSA) is 34.0 Å². The van der Waals surface area contributed by atoms with Crippen molar-refractivity contribution in [2.24, 2.45) is 7.05 Å². The summed E-state index contributed by atoms with van der Waals surface area (Å²) in [5.41, 5.74) is 2.65. The van der Waals surface area contributed by atoms with Crippen LogP contribution in [-0.4, -0.2) is 45.1 Å². The van der Waals surface area contributed by atoms with E-state index in [0.717, 1.165) is 22.3 Å². The molecule has 3 aromatic carbocycles. The average molecular weight is 443 g/mol. The number of likely N-dealkylation sites (tertiary alicyclic amines) is 1. The molecule has 5 rings (SSSR count). The highest BCUT2D eigenvalue weighted by molar-refractivity contribution is 7.99. The Bertz CT molecular complexity index is 1160. The molecule has 1 aromatic heterocycles. The number of rotatable bonds is 7. The maximum absolute atomic E-state index is 4.41. The van der Waals surface area contributed by atoms with Gasteiger partial charge in [0, 0.05) is 18.4 Å². The smallest absolute Gasteiger partial charge is 0.191 e. The lowest BCUT2D eigenvalue weighted by atomic mass is 9.86. The summed E-state index contributed by atoms with van der Waals surface area (Å²) >= 11 is 1.81. The molecule has 0 aliphatic carbocycles. The van der Waals surface area contributed by atoms with E-state index in [4.69, 9.17) is 0 Å². The maximum atomic E-state index is 4.41. The van der Waals surface area contributed by atoms with Crippen molar-refractivity contribution in [1.29, 1.82) is 0 Å². The van der Waals surface area contributed by atoms with Crippen LogP contribution in [0.5, 0.6) is 0 Å². The summed E-state index contributed by atoms with van der Waals surface area (Å²) in [7, 11) is 2.06. The molecule has 5 heteroatoms. The van der Waals surface area contributed by atoms with Gasteiger partial charge in [0.05, 0.1) is 0 Å². The zero-order chi connectivity index (χ0) is 21.8. The van der Waals surface area contributed by atoms with Crippen molar-refractivity contribution in [2.75, 3.05) is 25.4 Å². The van der Waals surface area contributed by atoms with E-state index in [0.29, 0.717) is 5.92 Å². The average Bonchev–Trinajstić information content (AvgIpc) is 3.22. The molecule has 4 nitrogen and oxygen atoms in total. The first-order valence-corrected chi connectivity index (χ1v) is 12.6. The molecule has 32 heavy (non-hydrogen) atoms. The van der Waals surface area contributed by atoms with E-state index in [9.17, 15) is 0 Å². The lowest BCUT2D eigenvalue weighted by molar-refractivity contribution is 0.214. The van der Waals surface area contributed by atoms with Crippen LogP contribution in [0.2, 0.25) is 0 Å². The molecule has 0 bridgehead atoms. The van der Waals surface area contributed by atoms with Crippen LogP contribution in [-0.2, 0) is 7.05 Å². The van der Waals surface area contributed by atoms with E-state index in [-0.39, 0.29) is 0 Å². The van der Waals surface area contributed by atoms with Crippen molar-refractivity contribution in [3.05, 3.63) is 78.4 Å². The molecule has 0 atom stereocenters. The van der Waals surface area contributed by atoms with Crippen LogP contribution in [0.15, 0.2) is 78.0 Å². The molecule has 0 saturated carbocycles. The van der Waals surface area contributed by atoms with Gasteiger partial charge in [0.2, 0.25) is 0 Å². The summed E-state index contributed by atoms with van der Waals surface area (Å²) in [4.78, 5) is 2.63. The van der Waals surface area contributed by atoms with Crippen molar-refractivity contribution in [1.82, 2.24) is 19.7 Å². The number of thioether (sulfide) groups is 1. The van der Waals surface area contributed by atoms with Crippen molar-refractivity contribution >= 4 is 22.5 Å². The minimum Gasteiger partial charge on any atom is -0.305 e. The van der Waals surface area contributed by atoms with E-state index in [1.807, 2.05) is 30.0 Å². The molecule has 0 N–H and O–H groups in total. The van der Waals surface area contributed by atoms with E-state index < -0.39 is 0 Å². The minimum absolute atomic E-state index is 0.682. The van der Waals surface area contributed by atoms with Crippen LogP contribution in [0.4, 0.5) is 0 Å². The summed E-state index contributed by atoms with van der Waals surface area (Å²) in [6, 6.07) is 25.9. The number of aromatic nitrogens is 3. The largest absolute Gasteiger partial charge is 0.305 e. The SMILES string of the molecule is Cn1c(SCCCN2CCC(c3cccc4ccccc34)CC2)nnc1-c1ccccc1. The monoisotopic (exact) mass is 442 g/mol. The van der Waals surface area contributed by atoms with Gasteiger partial charge in [-0.3, -0.25) is 0 Å². The first-order chi connectivity index (χ1) is 15.8.